The number of carbonyl (C=O) groups is 2. The Bertz CT molecular complexity index is 774. The SMILES string of the molecule is CC(=O)c1ccc(C)n(Cc2cccc(C(=O)O)c2)c1=O. The number of nitrogens with zero attached hydrogens (tertiary/aromatic N) is 1. The van der Waals surface area contributed by atoms with Crippen LogP contribution in [0.1, 0.15) is 38.9 Å². The summed E-state index contributed by atoms with van der Waals surface area (Å²) in [6, 6.07) is 9.62. The first-order valence-corrected chi connectivity index (χ1v) is 6.44. The van der Waals surface area contributed by atoms with Crippen LogP contribution in [0, 0.1) is 6.92 Å². The summed E-state index contributed by atoms with van der Waals surface area (Å²) in [4.78, 5) is 34.7. The molecule has 1 aromatic carbocycles. The third-order valence-corrected chi connectivity index (χ3v) is 3.29. The standard InChI is InChI=1S/C16H15NO4/c1-10-6-7-14(11(2)18)15(19)17(10)9-12-4-3-5-13(8-12)16(20)21/h3-8H,9H2,1-2H3,(H,20,21). The Morgan fingerprint density at radius 3 is 2.52 bits per heavy atom. The van der Waals surface area contributed by atoms with Crippen molar-refractivity contribution in [2.45, 2.75) is 20.4 Å². The van der Waals surface area contributed by atoms with Gasteiger partial charge >= 0.3 is 5.97 Å². The number of carboxylic acid groups (broad SMARTS) is 1. The van der Waals surface area contributed by atoms with Crippen LogP contribution in [0.3, 0.4) is 0 Å². The number of aromatic nitrogens is 1. The second kappa shape index (κ2) is 5.75. The number of rotatable bonds is 4. The fourth-order valence-corrected chi connectivity index (χ4v) is 2.12. The maximum absolute atomic E-state index is 12.3. The van der Waals surface area contributed by atoms with Gasteiger partial charge < -0.3 is 9.67 Å². The lowest BCUT2D eigenvalue weighted by atomic mass is 10.1. The fraction of sp³-hybridized carbons (Fsp3) is 0.188. The Kier molecular flexibility index (Phi) is 4.03. The first-order valence-electron chi connectivity index (χ1n) is 6.44. The maximum atomic E-state index is 12.3. The topological polar surface area (TPSA) is 76.4 Å². The molecule has 0 bridgehead atoms. The number of hydrogen-bond donors (Lipinski definition) is 1. The van der Waals surface area contributed by atoms with Crippen molar-refractivity contribution in [2.24, 2.45) is 0 Å². The van der Waals surface area contributed by atoms with E-state index < -0.39 is 5.97 Å². The van der Waals surface area contributed by atoms with Gasteiger partial charge in [-0.05, 0) is 43.7 Å². The Hall–Kier alpha value is -2.69. The second-order valence-corrected chi connectivity index (χ2v) is 4.84. The van der Waals surface area contributed by atoms with E-state index >= 15 is 0 Å². The number of hydrogen-bond acceptors (Lipinski definition) is 3. The van der Waals surface area contributed by atoms with Gasteiger partial charge in [0.15, 0.2) is 5.78 Å². The van der Waals surface area contributed by atoms with Crippen LogP contribution in [0.4, 0.5) is 0 Å². The van der Waals surface area contributed by atoms with Crippen molar-refractivity contribution in [1.82, 2.24) is 4.57 Å². The molecule has 0 spiro atoms. The number of carboxylic acids is 1. The first-order chi connectivity index (χ1) is 9.90. The molecule has 0 fully saturated rings. The maximum Gasteiger partial charge on any atom is 0.335 e. The van der Waals surface area contributed by atoms with Gasteiger partial charge in [0.05, 0.1) is 17.7 Å². The molecular weight excluding hydrogens is 270 g/mol. The predicted octanol–water partition coefficient (Wildman–Crippen LogP) is 2.11. The van der Waals surface area contributed by atoms with E-state index in [-0.39, 0.29) is 29.0 Å². The van der Waals surface area contributed by atoms with Gasteiger partial charge in [-0.25, -0.2) is 4.79 Å². The van der Waals surface area contributed by atoms with E-state index in [1.165, 1.54) is 29.7 Å². The summed E-state index contributed by atoms with van der Waals surface area (Å²) in [7, 11) is 0. The Labute approximate surface area is 121 Å². The number of aromatic carboxylic acids is 1. The smallest absolute Gasteiger partial charge is 0.335 e. The van der Waals surface area contributed by atoms with Gasteiger partial charge in [0.25, 0.3) is 5.56 Å². The van der Waals surface area contributed by atoms with E-state index in [2.05, 4.69) is 0 Å². The molecule has 0 aliphatic carbocycles. The quantitative estimate of drug-likeness (QED) is 0.873. The normalized spacial score (nSPS) is 10.4. The minimum absolute atomic E-state index is 0.134. The lowest BCUT2D eigenvalue weighted by Crippen LogP contribution is -2.27. The summed E-state index contributed by atoms with van der Waals surface area (Å²) < 4.78 is 1.47. The third kappa shape index (κ3) is 3.08. The van der Waals surface area contributed by atoms with E-state index in [0.717, 1.165) is 0 Å². The molecule has 2 rings (SSSR count). The van der Waals surface area contributed by atoms with Crippen LogP contribution in [0.15, 0.2) is 41.2 Å². The zero-order chi connectivity index (χ0) is 15.6. The molecule has 1 aromatic heterocycles. The van der Waals surface area contributed by atoms with Crippen LogP contribution in [-0.2, 0) is 6.54 Å². The van der Waals surface area contributed by atoms with Crippen molar-refractivity contribution < 1.29 is 14.7 Å². The molecule has 0 amide bonds. The summed E-state index contributed by atoms with van der Waals surface area (Å²) in [6.45, 7) is 3.35. The van der Waals surface area contributed by atoms with E-state index in [0.29, 0.717) is 11.3 Å². The van der Waals surface area contributed by atoms with Crippen molar-refractivity contribution in [3.63, 3.8) is 0 Å². The number of ketones is 1. The Balaban J connectivity index is 2.47. The molecular formula is C16H15NO4. The van der Waals surface area contributed by atoms with Crippen molar-refractivity contribution in [3.8, 4) is 0 Å². The molecule has 5 nitrogen and oxygen atoms in total. The molecule has 2 aromatic rings. The van der Waals surface area contributed by atoms with E-state index in [4.69, 9.17) is 5.11 Å². The molecule has 0 saturated heterocycles. The third-order valence-electron chi connectivity index (χ3n) is 3.29. The van der Waals surface area contributed by atoms with Crippen molar-refractivity contribution in [1.29, 1.82) is 0 Å². The largest absolute Gasteiger partial charge is 0.478 e. The van der Waals surface area contributed by atoms with Crippen LogP contribution in [0.5, 0.6) is 0 Å². The predicted molar refractivity (Wildman–Crippen MR) is 77.9 cm³/mol. The molecule has 0 aliphatic heterocycles. The molecule has 0 radical (unpaired) electrons. The average Bonchev–Trinajstić information content (AvgIpc) is 2.43. The van der Waals surface area contributed by atoms with Crippen LogP contribution < -0.4 is 5.56 Å². The highest BCUT2D eigenvalue weighted by Gasteiger charge is 2.11. The number of Topliss-reactive ketones (excluding diaryl/α,β-unsaturated/α-hetero) is 1. The zero-order valence-electron chi connectivity index (χ0n) is 11.8. The van der Waals surface area contributed by atoms with Gasteiger partial charge in [-0.2, -0.15) is 0 Å². The second-order valence-electron chi connectivity index (χ2n) is 4.84. The van der Waals surface area contributed by atoms with Gasteiger partial charge in [0.1, 0.15) is 0 Å². The minimum atomic E-state index is -1.02. The lowest BCUT2D eigenvalue weighted by molar-refractivity contribution is 0.0696. The van der Waals surface area contributed by atoms with Gasteiger partial charge in [-0.15, -0.1) is 0 Å². The van der Waals surface area contributed by atoms with Gasteiger partial charge in [0.2, 0.25) is 0 Å². The van der Waals surface area contributed by atoms with Crippen molar-refractivity contribution in [3.05, 3.63) is 69.1 Å². The zero-order valence-corrected chi connectivity index (χ0v) is 11.8. The number of benzene rings is 1. The highest BCUT2D eigenvalue weighted by atomic mass is 16.4. The molecule has 21 heavy (non-hydrogen) atoms. The van der Waals surface area contributed by atoms with Crippen molar-refractivity contribution in [2.75, 3.05) is 0 Å². The van der Waals surface area contributed by atoms with Crippen LogP contribution in [-0.4, -0.2) is 21.4 Å². The summed E-state index contributed by atoms with van der Waals surface area (Å²) in [5.41, 5.74) is 1.35. The van der Waals surface area contributed by atoms with E-state index in [9.17, 15) is 14.4 Å². The Morgan fingerprint density at radius 1 is 1.19 bits per heavy atom. The van der Waals surface area contributed by atoms with Crippen LogP contribution >= 0.6 is 0 Å². The summed E-state index contributed by atoms with van der Waals surface area (Å²) in [5, 5.41) is 8.99. The van der Waals surface area contributed by atoms with Crippen LogP contribution in [0.2, 0.25) is 0 Å². The summed E-state index contributed by atoms with van der Waals surface area (Å²) >= 11 is 0. The summed E-state index contributed by atoms with van der Waals surface area (Å²) in [5.74, 6) is -1.30. The number of aryl methyl sites for hydroxylation is 1. The van der Waals surface area contributed by atoms with Gasteiger partial charge in [0, 0.05) is 5.69 Å². The average molecular weight is 285 g/mol. The van der Waals surface area contributed by atoms with Crippen LogP contribution in [0.25, 0.3) is 0 Å². The highest BCUT2D eigenvalue weighted by molar-refractivity contribution is 5.93. The molecule has 0 atom stereocenters. The van der Waals surface area contributed by atoms with Gasteiger partial charge in [-0.1, -0.05) is 12.1 Å². The summed E-state index contributed by atoms with van der Waals surface area (Å²) in [6.07, 6.45) is 0. The number of carbonyl (C=O) groups excluding carboxylic acids is 1. The van der Waals surface area contributed by atoms with E-state index in [1.54, 1.807) is 25.1 Å². The Morgan fingerprint density at radius 2 is 1.90 bits per heavy atom. The molecule has 108 valence electrons. The first kappa shape index (κ1) is 14.7. The van der Waals surface area contributed by atoms with E-state index in [1.807, 2.05) is 0 Å². The molecule has 1 N–H and O–H groups in total. The monoisotopic (exact) mass is 285 g/mol. The van der Waals surface area contributed by atoms with Crippen molar-refractivity contribution >= 4 is 11.8 Å². The fourth-order valence-electron chi connectivity index (χ4n) is 2.12. The molecule has 0 unspecified atom stereocenters. The molecule has 5 heteroatoms. The lowest BCUT2D eigenvalue weighted by Gasteiger charge is -2.11. The minimum Gasteiger partial charge on any atom is -0.478 e. The van der Waals surface area contributed by atoms with Gasteiger partial charge in [-0.3, -0.25) is 9.59 Å². The molecule has 0 aliphatic rings. The molecule has 0 saturated carbocycles. The highest BCUT2D eigenvalue weighted by Crippen LogP contribution is 2.09. The molecule has 1 heterocycles. The number of pyridine rings is 1.